The van der Waals surface area contributed by atoms with Gasteiger partial charge in [0.1, 0.15) is 0 Å². The molecule has 1 heterocycles. The number of nitrogens with zero attached hydrogens (tertiary/aromatic N) is 2. The van der Waals surface area contributed by atoms with Gasteiger partial charge < -0.3 is 5.32 Å². The Hall–Kier alpha value is -2.10. The molecule has 1 N–H and O–H groups in total. The molecule has 0 aliphatic rings. The molecule has 0 radical (unpaired) electrons. The van der Waals surface area contributed by atoms with Crippen LogP contribution in [-0.2, 0) is 4.79 Å². The van der Waals surface area contributed by atoms with Crippen molar-refractivity contribution >= 4 is 11.6 Å². The molecule has 118 valence electrons. The van der Waals surface area contributed by atoms with Crippen molar-refractivity contribution in [1.82, 2.24) is 9.78 Å². The zero-order valence-corrected chi connectivity index (χ0v) is 14.3. The predicted octanol–water partition coefficient (Wildman–Crippen LogP) is 4.02. The molecular weight excluding hydrogens is 274 g/mol. The zero-order chi connectivity index (χ0) is 16.4. The Labute approximate surface area is 132 Å². The summed E-state index contributed by atoms with van der Waals surface area (Å²) in [5.41, 5.74) is 6.52. The zero-order valence-electron chi connectivity index (χ0n) is 14.3. The van der Waals surface area contributed by atoms with Crippen molar-refractivity contribution in [3.8, 4) is 0 Å². The lowest BCUT2D eigenvalue weighted by molar-refractivity contribution is -0.116. The summed E-state index contributed by atoms with van der Waals surface area (Å²) in [7, 11) is 0. The van der Waals surface area contributed by atoms with E-state index in [9.17, 15) is 4.79 Å². The van der Waals surface area contributed by atoms with Crippen molar-refractivity contribution in [1.29, 1.82) is 0 Å². The first kappa shape index (κ1) is 16.3. The fourth-order valence-electron chi connectivity index (χ4n) is 2.68. The Morgan fingerprint density at radius 2 is 1.91 bits per heavy atom. The second-order valence-corrected chi connectivity index (χ2v) is 6.16. The van der Waals surface area contributed by atoms with E-state index in [1.54, 1.807) is 0 Å². The molecule has 0 fully saturated rings. The van der Waals surface area contributed by atoms with E-state index in [0.29, 0.717) is 6.42 Å². The molecule has 22 heavy (non-hydrogen) atoms. The Kier molecular flexibility index (Phi) is 4.69. The Morgan fingerprint density at radius 1 is 1.23 bits per heavy atom. The molecule has 2 aromatic rings. The van der Waals surface area contributed by atoms with E-state index >= 15 is 0 Å². The van der Waals surface area contributed by atoms with E-state index in [2.05, 4.69) is 23.4 Å². The molecule has 0 aliphatic heterocycles. The maximum Gasteiger partial charge on any atom is 0.226 e. The number of benzene rings is 1. The number of rotatable bonds is 4. The van der Waals surface area contributed by atoms with Crippen LogP contribution in [0.4, 0.5) is 5.69 Å². The van der Waals surface area contributed by atoms with Gasteiger partial charge in [-0.15, -0.1) is 0 Å². The van der Waals surface area contributed by atoms with Gasteiger partial charge in [0.2, 0.25) is 5.91 Å². The first-order valence-electron chi connectivity index (χ1n) is 7.69. The molecule has 1 aromatic carbocycles. The number of amides is 1. The van der Waals surface area contributed by atoms with Crippen LogP contribution < -0.4 is 5.32 Å². The summed E-state index contributed by atoms with van der Waals surface area (Å²) in [4.78, 5) is 12.3. The van der Waals surface area contributed by atoms with Gasteiger partial charge in [-0.05, 0) is 58.7 Å². The number of hydrogen-bond donors (Lipinski definition) is 1. The number of carbonyl (C=O) groups is 1. The highest BCUT2D eigenvalue weighted by molar-refractivity contribution is 5.91. The minimum atomic E-state index is 0.0182. The summed E-state index contributed by atoms with van der Waals surface area (Å²) in [5.74, 6) is 0.0182. The van der Waals surface area contributed by atoms with E-state index in [1.807, 2.05) is 51.4 Å². The minimum Gasteiger partial charge on any atom is -0.326 e. The summed E-state index contributed by atoms with van der Waals surface area (Å²) < 4.78 is 1.95. The molecule has 2 rings (SSSR count). The highest BCUT2D eigenvalue weighted by atomic mass is 16.1. The molecule has 1 unspecified atom stereocenters. The third-order valence-corrected chi connectivity index (χ3v) is 4.24. The third kappa shape index (κ3) is 3.38. The van der Waals surface area contributed by atoms with Gasteiger partial charge in [-0.25, -0.2) is 0 Å². The van der Waals surface area contributed by atoms with Gasteiger partial charge in [-0.3, -0.25) is 9.48 Å². The van der Waals surface area contributed by atoms with Gasteiger partial charge in [0.05, 0.1) is 11.7 Å². The lowest BCUT2D eigenvalue weighted by Gasteiger charge is -2.15. The van der Waals surface area contributed by atoms with Crippen molar-refractivity contribution in [3.05, 3.63) is 46.3 Å². The highest BCUT2D eigenvalue weighted by Gasteiger charge is 2.16. The Bertz CT molecular complexity index is 701. The fraction of sp³-hybridized carbons (Fsp3) is 0.444. The molecule has 0 saturated carbocycles. The number of hydrogen-bond acceptors (Lipinski definition) is 2. The number of aromatic nitrogens is 2. The van der Waals surface area contributed by atoms with Crippen molar-refractivity contribution in [2.45, 2.75) is 54.0 Å². The van der Waals surface area contributed by atoms with Gasteiger partial charge in [-0.2, -0.15) is 5.10 Å². The maximum atomic E-state index is 12.3. The second kappa shape index (κ2) is 6.34. The number of nitrogens with one attached hydrogen (secondary N) is 1. The largest absolute Gasteiger partial charge is 0.326 e. The van der Waals surface area contributed by atoms with E-state index in [1.165, 1.54) is 11.1 Å². The minimum absolute atomic E-state index is 0.0182. The molecule has 4 nitrogen and oxygen atoms in total. The predicted molar refractivity (Wildman–Crippen MR) is 90.3 cm³/mol. The monoisotopic (exact) mass is 299 g/mol. The highest BCUT2D eigenvalue weighted by Crippen LogP contribution is 2.20. The van der Waals surface area contributed by atoms with Crippen molar-refractivity contribution < 1.29 is 4.79 Å². The lowest BCUT2D eigenvalue weighted by atomic mass is 10.1. The lowest BCUT2D eigenvalue weighted by Crippen LogP contribution is -2.19. The van der Waals surface area contributed by atoms with Crippen molar-refractivity contribution in [3.63, 3.8) is 0 Å². The van der Waals surface area contributed by atoms with Gasteiger partial charge in [0.25, 0.3) is 0 Å². The molecule has 0 bridgehead atoms. The molecule has 4 heteroatoms. The van der Waals surface area contributed by atoms with Crippen LogP contribution in [-0.4, -0.2) is 15.7 Å². The summed E-state index contributed by atoms with van der Waals surface area (Å²) in [6.07, 6.45) is 0.411. The van der Waals surface area contributed by atoms with Crippen LogP contribution in [0.15, 0.2) is 18.2 Å². The van der Waals surface area contributed by atoms with Gasteiger partial charge >= 0.3 is 0 Å². The van der Waals surface area contributed by atoms with E-state index < -0.39 is 0 Å². The van der Waals surface area contributed by atoms with Crippen LogP contribution in [0.25, 0.3) is 0 Å². The van der Waals surface area contributed by atoms with Gasteiger partial charge in [0, 0.05) is 17.8 Å². The Morgan fingerprint density at radius 3 is 2.45 bits per heavy atom. The van der Waals surface area contributed by atoms with Gasteiger partial charge in [-0.1, -0.05) is 17.7 Å². The number of aryl methyl sites for hydroxylation is 3. The van der Waals surface area contributed by atoms with Crippen LogP contribution >= 0.6 is 0 Å². The molecule has 1 atom stereocenters. The maximum absolute atomic E-state index is 12.3. The summed E-state index contributed by atoms with van der Waals surface area (Å²) in [6.45, 7) is 12.2. The molecule has 1 aromatic heterocycles. The average Bonchev–Trinajstić information content (AvgIpc) is 2.70. The number of anilines is 1. The summed E-state index contributed by atoms with van der Waals surface area (Å²) in [6, 6.07) is 6.08. The quantitative estimate of drug-likeness (QED) is 0.927. The van der Waals surface area contributed by atoms with Crippen LogP contribution in [0.5, 0.6) is 0 Å². The van der Waals surface area contributed by atoms with E-state index in [4.69, 9.17) is 0 Å². The molecule has 0 spiro atoms. The standard InChI is InChI=1S/C18H25N3O/c1-11-7-8-17(12(2)9-11)19-18(22)10-13(3)21-16(6)14(4)15(5)20-21/h7-9,13H,10H2,1-6H3,(H,19,22). The van der Waals surface area contributed by atoms with Crippen LogP contribution in [0, 0.1) is 34.6 Å². The van der Waals surface area contributed by atoms with Gasteiger partial charge in [0.15, 0.2) is 0 Å². The summed E-state index contributed by atoms with van der Waals surface area (Å²) >= 11 is 0. The third-order valence-electron chi connectivity index (χ3n) is 4.24. The average molecular weight is 299 g/mol. The first-order valence-corrected chi connectivity index (χ1v) is 7.69. The van der Waals surface area contributed by atoms with Crippen LogP contribution in [0.2, 0.25) is 0 Å². The number of carbonyl (C=O) groups excluding carboxylic acids is 1. The Balaban J connectivity index is 2.06. The smallest absolute Gasteiger partial charge is 0.226 e. The second-order valence-electron chi connectivity index (χ2n) is 6.16. The van der Waals surface area contributed by atoms with Crippen molar-refractivity contribution in [2.24, 2.45) is 0 Å². The fourth-order valence-corrected chi connectivity index (χ4v) is 2.68. The molecule has 1 amide bonds. The first-order chi connectivity index (χ1) is 10.3. The van der Waals surface area contributed by atoms with Crippen LogP contribution in [0.3, 0.4) is 0 Å². The van der Waals surface area contributed by atoms with Crippen LogP contribution in [0.1, 0.15) is 47.5 Å². The molecular formula is C18H25N3O. The molecule has 0 aliphatic carbocycles. The van der Waals surface area contributed by atoms with Crippen molar-refractivity contribution in [2.75, 3.05) is 5.32 Å². The van der Waals surface area contributed by atoms with E-state index in [-0.39, 0.29) is 11.9 Å². The summed E-state index contributed by atoms with van der Waals surface area (Å²) in [5, 5.41) is 7.53. The topological polar surface area (TPSA) is 46.9 Å². The SMILES string of the molecule is Cc1ccc(NC(=O)CC(C)n2nc(C)c(C)c2C)c(C)c1. The van der Waals surface area contributed by atoms with E-state index in [0.717, 1.165) is 22.6 Å². The normalized spacial score (nSPS) is 12.3. The molecule has 0 saturated heterocycles.